The number of nitrogens with zero attached hydrogens (tertiary/aromatic N) is 2. The monoisotopic (exact) mass is 206 g/mol. The van der Waals surface area contributed by atoms with Crippen LogP contribution in [0.25, 0.3) is 0 Å². The zero-order chi connectivity index (χ0) is 10.9. The summed E-state index contributed by atoms with van der Waals surface area (Å²) in [5.41, 5.74) is 0.252. The van der Waals surface area contributed by atoms with E-state index in [1.807, 2.05) is 0 Å². The van der Waals surface area contributed by atoms with Crippen molar-refractivity contribution in [2.75, 3.05) is 6.54 Å². The van der Waals surface area contributed by atoms with Crippen LogP contribution in [0.15, 0.2) is 0 Å². The number of rotatable bonds is 1. The molecule has 0 N–H and O–H groups in total. The fourth-order valence-electron chi connectivity index (χ4n) is 3.39. The predicted molar refractivity (Wildman–Crippen MR) is 61.4 cm³/mol. The minimum Gasteiger partial charge on any atom is -0.294 e. The molecule has 2 nitrogen and oxygen atoms in total. The van der Waals surface area contributed by atoms with Crippen molar-refractivity contribution in [3.05, 3.63) is 0 Å². The van der Waals surface area contributed by atoms with E-state index in [4.69, 9.17) is 5.26 Å². The lowest BCUT2D eigenvalue weighted by molar-refractivity contribution is 0.0892. The lowest BCUT2D eigenvalue weighted by Gasteiger charge is -2.40. The molecule has 0 bridgehead atoms. The van der Waals surface area contributed by atoms with E-state index in [0.29, 0.717) is 0 Å². The van der Waals surface area contributed by atoms with Crippen molar-refractivity contribution in [1.82, 2.24) is 4.90 Å². The van der Waals surface area contributed by atoms with Gasteiger partial charge in [-0.3, -0.25) is 4.90 Å². The van der Waals surface area contributed by atoms with Gasteiger partial charge in [-0.15, -0.1) is 0 Å². The van der Waals surface area contributed by atoms with Crippen LogP contribution in [0.3, 0.4) is 0 Å². The highest BCUT2D eigenvalue weighted by atomic mass is 15.2. The summed E-state index contributed by atoms with van der Waals surface area (Å²) >= 11 is 0. The standard InChI is InChI=1S/C13H22N2/c1-13(2)8-11(9-14)10-15(13)12-6-4-3-5-7-12/h11-12H,3-8,10H2,1-2H3. The van der Waals surface area contributed by atoms with Crippen LogP contribution in [-0.2, 0) is 0 Å². The molecule has 2 heteroatoms. The lowest BCUT2D eigenvalue weighted by atomic mass is 9.91. The van der Waals surface area contributed by atoms with Gasteiger partial charge in [-0.25, -0.2) is 0 Å². The minimum absolute atomic E-state index is 0.252. The number of nitriles is 1. The molecule has 1 unspecified atom stereocenters. The first-order valence-electron chi connectivity index (χ1n) is 6.30. The zero-order valence-corrected chi connectivity index (χ0v) is 10.00. The van der Waals surface area contributed by atoms with E-state index in [1.54, 1.807) is 0 Å². The molecule has 0 amide bonds. The van der Waals surface area contributed by atoms with Gasteiger partial charge in [0.25, 0.3) is 0 Å². The molecule has 0 spiro atoms. The van der Waals surface area contributed by atoms with Crippen molar-refractivity contribution < 1.29 is 0 Å². The summed E-state index contributed by atoms with van der Waals surface area (Å²) in [4.78, 5) is 2.61. The maximum atomic E-state index is 9.04. The third kappa shape index (κ3) is 2.18. The molecular weight excluding hydrogens is 184 g/mol. The summed E-state index contributed by atoms with van der Waals surface area (Å²) in [6, 6.07) is 3.20. The molecule has 0 aromatic heterocycles. The van der Waals surface area contributed by atoms with E-state index in [2.05, 4.69) is 24.8 Å². The first kappa shape index (κ1) is 11.0. The van der Waals surface area contributed by atoms with Crippen LogP contribution in [0.5, 0.6) is 0 Å². The van der Waals surface area contributed by atoms with Crippen molar-refractivity contribution >= 4 is 0 Å². The van der Waals surface area contributed by atoms with E-state index in [9.17, 15) is 0 Å². The van der Waals surface area contributed by atoms with Gasteiger partial charge in [-0.05, 0) is 33.1 Å². The maximum Gasteiger partial charge on any atom is 0.0670 e. The lowest BCUT2D eigenvalue weighted by Crippen LogP contribution is -2.46. The van der Waals surface area contributed by atoms with Crippen LogP contribution >= 0.6 is 0 Å². The SMILES string of the molecule is CC1(C)CC(C#N)CN1C1CCCCC1. The van der Waals surface area contributed by atoms with Crippen molar-refractivity contribution in [2.24, 2.45) is 5.92 Å². The van der Waals surface area contributed by atoms with Crippen LogP contribution in [0.1, 0.15) is 52.4 Å². The van der Waals surface area contributed by atoms with Gasteiger partial charge in [0.2, 0.25) is 0 Å². The van der Waals surface area contributed by atoms with E-state index >= 15 is 0 Å². The summed E-state index contributed by atoms with van der Waals surface area (Å²) in [5.74, 6) is 0.266. The summed E-state index contributed by atoms with van der Waals surface area (Å²) in [6.45, 7) is 5.62. The summed E-state index contributed by atoms with van der Waals surface area (Å²) < 4.78 is 0. The number of likely N-dealkylation sites (tertiary alicyclic amines) is 1. The highest BCUT2D eigenvalue weighted by molar-refractivity contribution is 5.03. The normalized spacial score (nSPS) is 32.7. The molecule has 1 heterocycles. The van der Waals surface area contributed by atoms with Gasteiger partial charge >= 0.3 is 0 Å². The van der Waals surface area contributed by atoms with E-state index < -0.39 is 0 Å². The molecular formula is C13H22N2. The third-order valence-corrected chi connectivity index (χ3v) is 4.14. The quantitative estimate of drug-likeness (QED) is 0.659. The average molecular weight is 206 g/mol. The van der Waals surface area contributed by atoms with Crippen LogP contribution in [0, 0.1) is 17.2 Å². The Balaban J connectivity index is 2.04. The minimum atomic E-state index is 0.252. The molecule has 84 valence electrons. The number of hydrogen-bond acceptors (Lipinski definition) is 2. The van der Waals surface area contributed by atoms with Crippen molar-refractivity contribution in [3.63, 3.8) is 0 Å². The Hall–Kier alpha value is -0.550. The van der Waals surface area contributed by atoms with E-state index in [1.165, 1.54) is 32.1 Å². The first-order chi connectivity index (χ1) is 7.13. The van der Waals surface area contributed by atoms with Crippen molar-refractivity contribution in [2.45, 2.75) is 64.0 Å². The van der Waals surface area contributed by atoms with Gasteiger partial charge in [0.15, 0.2) is 0 Å². The number of hydrogen-bond donors (Lipinski definition) is 0. The molecule has 2 rings (SSSR count). The Bertz CT molecular complexity index is 258. The average Bonchev–Trinajstić information content (AvgIpc) is 2.55. The van der Waals surface area contributed by atoms with E-state index in [-0.39, 0.29) is 11.5 Å². The van der Waals surface area contributed by atoms with Gasteiger partial charge in [-0.1, -0.05) is 19.3 Å². The smallest absolute Gasteiger partial charge is 0.0670 e. The second-order valence-corrected chi connectivity index (χ2v) is 5.79. The molecule has 2 aliphatic rings. The second kappa shape index (κ2) is 4.14. The Morgan fingerprint density at radius 2 is 1.87 bits per heavy atom. The fraction of sp³-hybridized carbons (Fsp3) is 0.923. The Labute approximate surface area is 93.3 Å². The molecule has 1 aliphatic heterocycles. The summed E-state index contributed by atoms with van der Waals surface area (Å²) in [7, 11) is 0. The van der Waals surface area contributed by atoms with Gasteiger partial charge in [0.05, 0.1) is 12.0 Å². The topological polar surface area (TPSA) is 27.0 Å². The summed E-state index contributed by atoms with van der Waals surface area (Å²) in [6.07, 6.45) is 7.93. The zero-order valence-electron chi connectivity index (χ0n) is 10.00. The Morgan fingerprint density at radius 3 is 2.40 bits per heavy atom. The molecule has 15 heavy (non-hydrogen) atoms. The fourth-order valence-corrected chi connectivity index (χ4v) is 3.39. The van der Waals surface area contributed by atoms with Gasteiger partial charge < -0.3 is 0 Å². The van der Waals surface area contributed by atoms with Crippen LogP contribution in [0.4, 0.5) is 0 Å². The summed E-state index contributed by atoms with van der Waals surface area (Å²) in [5, 5.41) is 9.04. The predicted octanol–water partition coefficient (Wildman–Crippen LogP) is 2.94. The molecule has 1 atom stereocenters. The Kier molecular flexibility index (Phi) is 3.02. The van der Waals surface area contributed by atoms with Crippen LogP contribution in [0.2, 0.25) is 0 Å². The maximum absolute atomic E-state index is 9.04. The molecule has 0 radical (unpaired) electrons. The molecule has 1 saturated carbocycles. The second-order valence-electron chi connectivity index (χ2n) is 5.79. The van der Waals surface area contributed by atoms with Gasteiger partial charge in [0.1, 0.15) is 0 Å². The molecule has 0 aromatic rings. The molecule has 0 aromatic carbocycles. The van der Waals surface area contributed by atoms with Crippen molar-refractivity contribution in [3.8, 4) is 6.07 Å². The molecule has 2 fully saturated rings. The van der Waals surface area contributed by atoms with E-state index in [0.717, 1.165) is 19.0 Å². The molecule has 1 aliphatic carbocycles. The highest BCUT2D eigenvalue weighted by Crippen LogP contribution is 2.37. The van der Waals surface area contributed by atoms with Gasteiger partial charge in [0, 0.05) is 18.1 Å². The third-order valence-electron chi connectivity index (χ3n) is 4.14. The van der Waals surface area contributed by atoms with Crippen molar-refractivity contribution in [1.29, 1.82) is 5.26 Å². The highest BCUT2D eigenvalue weighted by Gasteiger charge is 2.41. The van der Waals surface area contributed by atoms with Crippen LogP contribution in [-0.4, -0.2) is 23.0 Å². The Morgan fingerprint density at radius 1 is 1.20 bits per heavy atom. The first-order valence-corrected chi connectivity index (χ1v) is 6.30. The van der Waals surface area contributed by atoms with Crippen LogP contribution < -0.4 is 0 Å². The largest absolute Gasteiger partial charge is 0.294 e. The molecule has 1 saturated heterocycles. The van der Waals surface area contributed by atoms with Gasteiger partial charge in [-0.2, -0.15) is 5.26 Å².